The van der Waals surface area contributed by atoms with Crippen molar-refractivity contribution in [3.8, 4) is 10.6 Å². The van der Waals surface area contributed by atoms with Gasteiger partial charge in [-0.1, -0.05) is 6.07 Å². The van der Waals surface area contributed by atoms with Gasteiger partial charge in [-0.3, -0.25) is 9.97 Å². The van der Waals surface area contributed by atoms with Crippen LogP contribution in [0.3, 0.4) is 0 Å². The van der Waals surface area contributed by atoms with E-state index < -0.39 is 0 Å². The molecule has 0 aliphatic carbocycles. The normalized spacial score (nSPS) is 9.82. The van der Waals surface area contributed by atoms with E-state index in [9.17, 15) is 0 Å². The third-order valence-corrected chi connectivity index (χ3v) is 2.05. The van der Waals surface area contributed by atoms with Gasteiger partial charge in [0.1, 0.15) is 0 Å². The molecule has 0 aromatic carbocycles. The summed E-state index contributed by atoms with van der Waals surface area (Å²) in [6.07, 6.45) is 3.55. The molecule has 11 heavy (non-hydrogen) atoms. The Morgan fingerprint density at radius 3 is 3.09 bits per heavy atom. The maximum Gasteiger partial charge on any atom is 0.0897 e. The van der Waals surface area contributed by atoms with Crippen LogP contribution in [0.15, 0.2) is 30.0 Å². The zero-order valence-corrected chi connectivity index (χ0v) is 6.51. The maximum atomic E-state index is 4.14. The summed E-state index contributed by atoms with van der Waals surface area (Å²) in [6, 6.07) is 6.73. The third-order valence-electron chi connectivity index (χ3n) is 1.27. The van der Waals surface area contributed by atoms with Gasteiger partial charge in [0.2, 0.25) is 0 Å². The van der Waals surface area contributed by atoms with Crippen molar-refractivity contribution in [3.63, 3.8) is 0 Å². The van der Waals surface area contributed by atoms with E-state index in [0.717, 1.165) is 10.6 Å². The summed E-state index contributed by atoms with van der Waals surface area (Å²) in [6.45, 7) is 0. The van der Waals surface area contributed by atoms with E-state index >= 15 is 0 Å². The monoisotopic (exact) mass is 161 g/mol. The van der Waals surface area contributed by atoms with E-state index in [1.54, 1.807) is 29.2 Å². The molecule has 2 aromatic heterocycles. The number of hydrogen-bond acceptors (Lipinski definition) is 3. The van der Waals surface area contributed by atoms with Gasteiger partial charge in [0, 0.05) is 18.5 Å². The molecule has 2 aromatic rings. The minimum Gasteiger partial charge on any atom is -0.255 e. The first-order chi connectivity index (χ1) is 5.47. The van der Waals surface area contributed by atoms with Crippen molar-refractivity contribution in [3.05, 3.63) is 36.1 Å². The Kier molecular flexibility index (Phi) is 1.65. The largest absolute Gasteiger partial charge is 0.255 e. The molecule has 0 spiro atoms. The number of thiazole rings is 1. The Labute approximate surface area is 68.6 Å². The van der Waals surface area contributed by atoms with Crippen LogP contribution >= 0.6 is 11.3 Å². The lowest BCUT2D eigenvalue weighted by atomic mass is 10.3. The van der Waals surface area contributed by atoms with Gasteiger partial charge >= 0.3 is 0 Å². The lowest BCUT2D eigenvalue weighted by molar-refractivity contribution is 1.32. The quantitative estimate of drug-likeness (QED) is 0.639. The lowest BCUT2D eigenvalue weighted by Crippen LogP contribution is -1.76. The van der Waals surface area contributed by atoms with Crippen LogP contribution < -0.4 is 0 Å². The van der Waals surface area contributed by atoms with Gasteiger partial charge in [-0.25, -0.2) is 0 Å². The van der Waals surface area contributed by atoms with E-state index in [-0.39, 0.29) is 0 Å². The molecule has 0 bridgehead atoms. The molecular weight excluding hydrogens is 156 g/mol. The number of hydrogen-bond donors (Lipinski definition) is 0. The summed E-state index contributed by atoms with van der Waals surface area (Å²) < 4.78 is 0. The van der Waals surface area contributed by atoms with Crippen LogP contribution in [0.1, 0.15) is 0 Å². The highest BCUT2D eigenvalue weighted by molar-refractivity contribution is 7.13. The number of nitrogens with zero attached hydrogens (tertiary/aromatic N) is 2. The average molecular weight is 161 g/mol. The summed E-state index contributed by atoms with van der Waals surface area (Å²) in [7, 11) is 0. The first-order valence-corrected chi connectivity index (χ1v) is 4.06. The standard InChI is InChI=1S/C8H5N2S/c1-2-4-10-7(3-1)8-5-9-6-11-8/h1-2,4-6H. The Bertz CT molecular complexity index is 315. The second-order valence-electron chi connectivity index (χ2n) is 2.00. The van der Waals surface area contributed by atoms with Gasteiger partial charge in [-0.15, -0.1) is 11.3 Å². The summed E-state index contributed by atoms with van der Waals surface area (Å²) in [5.41, 5.74) is 2.66. The Balaban J connectivity index is 2.46. The average Bonchev–Trinajstić information content (AvgIpc) is 2.58. The molecule has 1 radical (unpaired) electrons. The molecule has 0 aliphatic heterocycles. The highest BCUT2D eigenvalue weighted by Gasteiger charge is 1.97. The molecule has 0 saturated carbocycles. The van der Waals surface area contributed by atoms with Crippen LogP contribution in [0.4, 0.5) is 0 Å². The van der Waals surface area contributed by atoms with Crippen molar-refractivity contribution >= 4 is 11.3 Å². The lowest BCUT2D eigenvalue weighted by Gasteiger charge is -1.90. The first kappa shape index (κ1) is 6.49. The number of rotatable bonds is 1. The van der Waals surface area contributed by atoms with Crippen molar-refractivity contribution in [1.82, 2.24) is 9.97 Å². The molecule has 3 heteroatoms. The summed E-state index contributed by atoms with van der Waals surface area (Å²) in [4.78, 5) is 9.15. The molecule has 2 rings (SSSR count). The van der Waals surface area contributed by atoms with Crippen molar-refractivity contribution in [2.24, 2.45) is 0 Å². The van der Waals surface area contributed by atoms with Crippen molar-refractivity contribution in [1.29, 1.82) is 0 Å². The van der Waals surface area contributed by atoms with E-state index in [0.29, 0.717) is 0 Å². The number of pyridine rings is 1. The molecule has 0 aliphatic rings. The predicted molar refractivity (Wildman–Crippen MR) is 44.2 cm³/mol. The van der Waals surface area contributed by atoms with Gasteiger partial charge in [-0.2, -0.15) is 0 Å². The van der Waals surface area contributed by atoms with Crippen LogP contribution in [0.2, 0.25) is 0 Å². The molecule has 0 saturated heterocycles. The molecule has 0 unspecified atom stereocenters. The van der Waals surface area contributed by atoms with Gasteiger partial charge in [-0.05, 0) is 6.07 Å². The van der Waals surface area contributed by atoms with Crippen LogP contribution in [-0.4, -0.2) is 9.97 Å². The summed E-state index contributed by atoms with van der Waals surface area (Å²) in [5, 5.41) is 0. The smallest absolute Gasteiger partial charge is 0.0897 e. The molecule has 0 atom stereocenters. The Hall–Kier alpha value is -1.22. The molecule has 0 N–H and O–H groups in total. The summed E-state index contributed by atoms with van der Waals surface area (Å²) in [5.74, 6) is 0. The van der Waals surface area contributed by atoms with E-state index in [4.69, 9.17) is 0 Å². The minimum absolute atomic E-state index is 0.870. The highest BCUT2D eigenvalue weighted by Crippen LogP contribution is 2.18. The van der Waals surface area contributed by atoms with E-state index in [1.165, 1.54) is 0 Å². The second kappa shape index (κ2) is 2.80. The van der Waals surface area contributed by atoms with Crippen LogP contribution in [0.5, 0.6) is 0 Å². The molecule has 2 heterocycles. The third kappa shape index (κ3) is 1.28. The van der Waals surface area contributed by atoms with Gasteiger partial charge in [0.15, 0.2) is 0 Å². The molecule has 0 amide bonds. The van der Waals surface area contributed by atoms with Gasteiger partial charge in [0.25, 0.3) is 0 Å². The fourth-order valence-electron chi connectivity index (χ4n) is 0.792. The molecule has 0 fully saturated rings. The molecular formula is C8H5N2S. The zero-order chi connectivity index (χ0) is 7.52. The van der Waals surface area contributed by atoms with Crippen LogP contribution in [0.25, 0.3) is 10.6 Å². The van der Waals surface area contributed by atoms with Crippen LogP contribution in [-0.2, 0) is 0 Å². The van der Waals surface area contributed by atoms with E-state index in [1.807, 2.05) is 12.1 Å². The second-order valence-corrected chi connectivity index (χ2v) is 2.88. The Morgan fingerprint density at radius 1 is 1.45 bits per heavy atom. The predicted octanol–water partition coefficient (Wildman–Crippen LogP) is 2.01. The van der Waals surface area contributed by atoms with E-state index in [2.05, 4.69) is 16.0 Å². The Morgan fingerprint density at radius 2 is 2.45 bits per heavy atom. The molecule has 2 nitrogen and oxygen atoms in total. The zero-order valence-electron chi connectivity index (χ0n) is 5.69. The highest BCUT2D eigenvalue weighted by atomic mass is 32.1. The van der Waals surface area contributed by atoms with Crippen molar-refractivity contribution < 1.29 is 0 Å². The summed E-state index contributed by atoms with van der Waals surface area (Å²) >= 11 is 1.57. The first-order valence-electron chi connectivity index (χ1n) is 3.18. The fourth-order valence-corrected chi connectivity index (χ4v) is 1.37. The van der Waals surface area contributed by atoms with Gasteiger partial charge < -0.3 is 0 Å². The fraction of sp³-hybridized carbons (Fsp3) is 0. The topological polar surface area (TPSA) is 25.8 Å². The molecule has 53 valence electrons. The maximum absolute atomic E-state index is 4.14. The van der Waals surface area contributed by atoms with Crippen LogP contribution in [0, 0.1) is 6.07 Å². The van der Waals surface area contributed by atoms with Crippen molar-refractivity contribution in [2.75, 3.05) is 0 Å². The SMILES string of the molecule is [c]1cccnc1-c1cncs1. The minimum atomic E-state index is 0.870. The number of aromatic nitrogens is 2. The van der Waals surface area contributed by atoms with Crippen molar-refractivity contribution in [2.45, 2.75) is 0 Å². The van der Waals surface area contributed by atoms with Gasteiger partial charge in [0.05, 0.1) is 16.1 Å².